The molecule has 0 unspecified atom stereocenters. The number of hydrogen-bond donors (Lipinski definition) is 2. The lowest BCUT2D eigenvalue weighted by molar-refractivity contribution is -0.121. The Morgan fingerprint density at radius 2 is 2.00 bits per heavy atom. The number of nitrogens with zero attached hydrogens (tertiary/aromatic N) is 1. The van der Waals surface area contributed by atoms with Crippen molar-refractivity contribution in [3.63, 3.8) is 0 Å². The lowest BCUT2D eigenvalue weighted by atomic mass is 10.1. The highest BCUT2D eigenvalue weighted by atomic mass is 35.5. The molecule has 0 aliphatic carbocycles. The second kappa shape index (κ2) is 7.61. The van der Waals surface area contributed by atoms with E-state index in [9.17, 15) is 4.79 Å². The Bertz CT molecular complexity index is 685. The molecule has 2 aromatic carbocycles. The van der Waals surface area contributed by atoms with Crippen molar-refractivity contribution in [2.75, 3.05) is 5.32 Å². The summed E-state index contributed by atoms with van der Waals surface area (Å²) in [6.07, 6.45) is 1.64. The third-order valence-electron chi connectivity index (χ3n) is 3.17. The number of benzene rings is 2. The normalized spacial score (nSPS) is 12.1. The minimum Gasteiger partial charge on any atom is -0.374 e. The van der Waals surface area contributed by atoms with E-state index in [1.54, 1.807) is 25.3 Å². The molecule has 2 rings (SSSR count). The quantitative estimate of drug-likeness (QED) is 0.654. The first-order valence-electron chi connectivity index (χ1n) is 6.97. The summed E-state index contributed by atoms with van der Waals surface area (Å²) in [5, 5.41) is 7.68. The van der Waals surface area contributed by atoms with Crippen LogP contribution in [0, 0.1) is 6.92 Å². The molecule has 2 aromatic rings. The van der Waals surface area contributed by atoms with Gasteiger partial charge in [-0.05, 0) is 43.2 Å². The molecule has 0 aliphatic heterocycles. The van der Waals surface area contributed by atoms with Crippen LogP contribution in [0.4, 0.5) is 5.69 Å². The molecule has 0 heterocycles. The molecule has 114 valence electrons. The fourth-order valence-electron chi connectivity index (χ4n) is 1.89. The second-order valence-electron chi connectivity index (χ2n) is 4.97. The van der Waals surface area contributed by atoms with Gasteiger partial charge in [-0.3, -0.25) is 4.79 Å². The molecule has 22 heavy (non-hydrogen) atoms. The number of anilines is 1. The van der Waals surface area contributed by atoms with E-state index in [1.807, 2.05) is 43.3 Å². The molecule has 1 amide bonds. The third-order valence-corrected chi connectivity index (χ3v) is 3.40. The van der Waals surface area contributed by atoms with Crippen molar-refractivity contribution in [2.24, 2.45) is 5.10 Å². The van der Waals surface area contributed by atoms with Gasteiger partial charge in [0, 0.05) is 10.7 Å². The number of carbonyl (C=O) groups excluding carboxylic acids is 1. The van der Waals surface area contributed by atoms with Gasteiger partial charge in [-0.2, -0.15) is 5.10 Å². The predicted molar refractivity (Wildman–Crippen MR) is 91.5 cm³/mol. The van der Waals surface area contributed by atoms with E-state index in [4.69, 9.17) is 11.6 Å². The van der Waals surface area contributed by atoms with Gasteiger partial charge in [-0.1, -0.05) is 41.9 Å². The lowest BCUT2D eigenvalue weighted by Crippen LogP contribution is -2.34. The Morgan fingerprint density at radius 1 is 1.23 bits per heavy atom. The molecule has 0 aromatic heterocycles. The maximum Gasteiger partial charge on any atom is 0.262 e. The maximum absolute atomic E-state index is 12.0. The standard InChI is InChI=1S/C17H18ClN3O/c1-12-6-3-4-7-14(12)11-19-21-17(22)13(2)20-16-9-5-8-15(18)10-16/h3-11,13,20H,1-2H3,(H,21,22)/b19-11-/t13-/m0/s1. The van der Waals surface area contributed by atoms with Crippen molar-refractivity contribution in [1.29, 1.82) is 0 Å². The summed E-state index contributed by atoms with van der Waals surface area (Å²) >= 11 is 5.91. The maximum atomic E-state index is 12.0. The molecule has 0 radical (unpaired) electrons. The van der Waals surface area contributed by atoms with Crippen molar-refractivity contribution >= 4 is 29.4 Å². The summed E-state index contributed by atoms with van der Waals surface area (Å²) in [7, 11) is 0. The number of halogens is 1. The molecule has 4 nitrogen and oxygen atoms in total. The summed E-state index contributed by atoms with van der Waals surface area (Å²) in [5.74, 6) is -0.218. The first kappa shape index (κ1) is 16.0. The Hall–Kier alpha value is -2.33. The van der Waals surface area contributed by atoms with Gasteiger partial charge in [0.05, 0.1) is 6.21 Å². The summed E-state index contributed by atoms with van der Waals surface area (Å²) in [6.45, 7) is 3.76. The average molecular weight is 316 g/mol. The zero-order chi connectivity index (χ0) is 15.9. The van der Waals surface area contributed by atoms with Gasteiger partial charge < -0.3 is 5.32 Å². The molecule has 2 N–H and O–H groups in total. The first-order chi connectivity index (χ1) is 10.6. The van der Waals surface area contributed by atoms with Gasteiger partial charge in [-0.25, -0.2) is 5.43 Å². The van der Waals surface area contributed by atoms with Crippen molar-refractivity contribution in [1.82, 2.24) is 5.43 Å². The van der Waals surface area contributed by atoms with E-state index in [2.05, 4.69) is 15.8 Å². The highest BCUT2D eigenvalue weighted by Gasteiger charge is 2.11. The zero-order valence-corrected chi connectivity index (χ0v) is 13.3. The van der Waals surface area contributed by atoms with Crippen molar-refractivity contribution in [3.05, 3.63) is 64.7 Å². The molecular weight excluding hydrogens is 298 g/mol. The minimum atomic E-state index is -0.424. The van der Waals surface area contributed by atoms with E-state index in [-0.39, 0.29) is 5.91 Å². The molecule has 0 spiro atoms. The number of rotatable bonds is 5. The Labute approximate surface area is 135 Å². The van der Waals surface area contributed by atoms with Crippen molar-refractivity contribution in [3.8, 4) is 0 Å². The van der Waals surface area contributed by atoms with Gasteiger partial charge in [0.1, 0.15) is 6.04 Å². The minimum absolute atomic E-state index is 0.218. The molecule has 0 bridgehead atoms. The summed E-state index contributed by atoms with van der Waals surface area (Å²) in [6, 6.07) is 14.6. The van der Waals surface area contributed by atoms with Crippen molar-refractivity contribution in [2.45, 2.75) is 19.9 Å². The van der Waals surface area contributed by atoms with Crippen LogP contribution in [0.2, 0.25) is 5.02 Å². The highest BCUT2D eigenvalue weighted by molar-refractivity contribution is 6.30. The van der Waals surface area contributed by atoms with E-state index >= 15 is 0 Å². The Morgan fingerprint density at radius 3 is 2.73 bits per heavy atom. The molecule has 1 atom stereocenters. The SMILES string of the molecule is Cc1ccccc1/C=N\NC(=O)[C@H](C)Nc1cccc(Cl)c1. The highest BCUT2D eigenvalue weighted by Crippen LogP contribution is 2.15. The number of hydrogen-bond acceptors (Lipinski definition) is 3. The zero-order valence-electron chi connectivity index (χ0n) is 12.5. The molecule has 0 fully saturated rings. The third kappa shape index (κ3) is 4.60. The van der Waals surface area contributed by atoms with Gasteiger partial charge in [0.15, 0.2) is 0 Å². The lowest BCUT2D eigenvalue weighted by Gasteiger charge is -2.13. The average Bonchev–Trinajstić information content (AvgIpc) is 2.49. The molecule has 0 saturated heterocycles. The molecule has 0 saturated carbocycles. The van der Waals surface area contributed by atoms with Gasteiger partial charge >= 0.3 is 0 Å². The van der Waals surface area contributed by atoms with Crippen LogP contribution in [0.15, 0.2) is 53.6 Å². The van der Waals surface area contributed by atoms with Crippen LogP contribution in [0.1, 0.15) is 18.1 Å². The van der Waals surface area contributed by atoms with Crippen LogP contribution in [-0.4, -0.2) is 18.2 Å². The number of nitrogens with one attached hydrogen (secondary N) is 2. The van der Waals surface area contributed by atoms with Crippen LogP contribution >= 0.6 is 11.6 Å². The topological polar surface area (TPSA) is 53.5 Å². The molecular formula is C17H18ClN3O. The molecule has 5 heteroatoms. The number of carbonyl (C=O) groups is 1. The Kier molecular flexibility index (Phi) is 5.55. The fraction of sp³-hybridized carbons (Fsp3) is 0.176. The predicted octanol–water partition coefficient (Wildman–Crippen LogP) is 3.60. The second-order valence-corrected chi connectivity index (χ2v) is 5.40. The number of amides is 1. The fourth-order valence-corrected chi connectivity index (χ4v) is 2.08. The largest absolute Gasteiger partial charge is 0.374 e. The number of hydrazone groups is 1. The van der Waals surface area contributed by atoms with E-state index in [1.165, 1.54) is 0 Å². The van der Waals surface area contributed by atoms with Gasteiger partial charge in [0.2, 0.25) is 0 Å². The van der Waals surface area contributed by atoms with E-state index < -0.39 is 6.04 Å². The van der Waals surface area contributed by atoms with E-state index in [0.717, 1.165) is 16.8 Å². The van der Waals surface area contributed by atoms with Crippen molar-refractivity contribution < 1.29 is 4.79 Å². The van der Waals surface area contributed by atoms with Crippen LogP contribution < -0.4 is 10.7 Å². The van der Waals surface area contributed by atoms with Gasteiger partial charge in [-0.15, -0.1) is 0 Å². The van der Waals surface area contributed by atoms with Crippen LogP contribution in [0.25, 0.3) is 0 Å². The Balaban J connectivity index is 1.90. The monoisotopic (exact) mass is 315 g/mol. The smallest absolute Gasteiger partial charge is 0.262 e. The van der Waals surface area contributed by atoms with Crippen LogP contribution in [-0.2, 0) is 4.79 Å². The van der Waals surface area contributed by atoms with E-state index in [0.29, 0.717) is 5.02 Å². The van der Waals surface area contributed by atoms with Gasteiger partial charge in [0.25, 0.3) is 5.91 Å². The molecule has 0 aliphatic rings. The summed E-state index contributed by atoms with van der Waals surface area (Å²) in [4.78, 5) is 12.0. The number of aryl methyl sites for hydroxylation is 1. The summed E-state index contributed by atoms with van der Waals surface area (Å²) in [5.41, 5.74) is 5.39. The first-order valence-corrected chi connectivity index (χ1v) is 7.34. The summed E-state index contributed by atoms with van der Waals surface area (Å²) < 4.78 is 0. The van der Waals surface area contributed by atoms with Crippen LogP contribution in [0.5, 0.6) is 0 Å². The van der Waals surface area contributed by atoms with Crippen LogP contribution in [0.3, 0.4) is 0 Å².